The molecule has 1 aromatic carbocycles. The minimum absolute atomic E-state index is 0.149. The fourth-order valence-corrected chi connectivity index (χ4v) is 2.59. The van der Waals surface area contributed by atoms with Gasteiger partial charge in [0.15, 0.2) is 0 Å². The van der Waals surface area contributed by atoms with Crippen LogP contribution in [-0.2, 0) is 4.79 Å². The van der Waals surface area contributed by atoms with Gasteiger partial charge in [-0.2, -0.15) is 5.10 Å². The van der Waals surface area contributed by atoms with E-state index in [1.807, 2.05) is 24.3 Å². The monoisotopic (exact) mass is 270 g/mol. The summed E-state index contributed by atoms with van der Waals surface area (Å²) in [5.74, 6) is -0.149. The summed E-state index contributed by atoms with van der Waals surface area (Å²) in [7, 11) is 1.58. The van der Waals surface area contributed by atoms with Gasteiger partial charge in [0.2, 0.25) is 5.91 Å². The number of amides is 1. The summed E-state index contributed by atoms with van der Waals surface area (Å²) in [5.41, 5.74) is 1.02. The van der Waals surface area contributed by atoms with Gasteiger partial charge in [-0.05, 0) is 13.0 Å². The van der Waals surface area contributed by atoms with Crippen molar-refractivity contribution in [3.05, 3.63) is 40.8 Å². The molecule has 2 heterocycles. The number of nitrogens with zero attached hydrogens (tertiary/aromatic N) is 2. The van der Waals surface area contributed by atoms with E-state index in [1.165, 1.54) is 0 Å². The normalized spacial score (nSPS) is 12.7. The van der Waals surface area contributed by atoms with E-state index in [1.54, 1.807) is 24.7 Å². The zero-order valence-corrected chi connectivity index (χ0v) is 11.2. The number of likely N-dealkylation sites (N-methyl/N-ethyl adjacent to an activating group) is 1. The molecule has 2 N–H and O–H groups in total. The molecule has 6 nitrogen and oxygen atoms in total. The Balaban J connectivity index is 2.49. The van der Waals surface area contributed by atoms with Crippen molar-refractivity contribution >= 4 is 27.7 Å². The van der Waals surface area contributed by atoms with Crippen LogP contribution in [0.4, 0.5) is 0 Å². The second kappa shape index (κ2) is 4.48. The molecule has 0 saturated carbocycles. The van der Waals surface area contributed by atoms with Gasteiger partial charge in [0.1, 0.15) is 11.6 Å². The topological polar surface area (TPSA) is 79.8 Å². The molecule has 20 heavy (non-hydrogen) atoms. The fraction of sp³-hybridized carbons (Fsp3) is 0.214. The van der Waals surface area contributed by atoms with Crippen LogP contribution < -0.4 is 10.9 Å². The molecule has 0 bridgehead atoms. The summed E-state index contributed by atoms with van der Waals surface area (Å²) in [6.07, 6.45) is 1.62. The number of hydrogen-bond acceptors (Lipinski definition) is 3. The van der Waals surface area contributed by atoms with Gasteiger partial charge in [0.05, 0.1) is 11.7 Å². The van der Waals surface area contributed by atoms with E-state index in [0.717, 1.165) is 16.3 Å². The Morgan fingerprint density at radius 2 is 2.10 bits per heavy atom. The van der Waals surface area contributed by atoms with Gasteiger partial charge in [-0.1, -0.05) is 18.2 Å². The van der Waals surface area contributed by atoms with Crippen molar-refractivity contribution in [3.8, 4) is 0 Å². The van der Waals surface area contributed by atoms with Crippen molar-refractivity contribution in [1.29, 1.82) is 0 Å². The highest BCUT2D eigenvalue weighted by Crippen LogP contribution is 2.29. The first kappa shape index (κ1) is 12.4. The summed E-state index contributed by atoms with van der Waals surface area (Å²) in [6, 6.07) is 7.12. The zero-order chi connectivity index (χ0) is 14.3. The first-order valence-corrected chi connectivity index (χ1v) is 6.33. The molecule has 0 aliphatic heterocycles. The standard InChI is InChI=1S/C14H14N4O2/c1-8(13(19)15-2)18-11-6-4-3-5-9(11)10-7-16-17-14(20)12(10)18/h3-8H,1-2H3,(H,15,19)(H,17,20). The van der Waals surface area contributed by atoms with Crippen molar-refractivity contribution in [2.24, 2.45) is 0 Å². The molecule has 6 heteroatoms. The maximum absolute atomic E-state index is 12.1. The van der Waals surface area contributed by atoms with Crippen LogP contribution in [0.5, 0.6) is 0 Å². The first-order valence-electron chi connectivity index (χ1n) is 6.33. The van der Waals surface area contributed by atoms with E-state index in [-0.39, 0.29) is 11.5 Å². The van der Waals surface area contributed by atoms with Crippen LogP contribution >= 0.6 is 0 Å². The molecule has 3 aromatic rings. The minimum atomic E-state index is -0.481. The molecule has 0 aliphatic rings. The third-order valence-corrected chi connectivity index (χ3v) is 3.54. The Kier molecular flexibility index (Phi) is 2.78. The Bertz CT molecular complexity index is 862. The summed E-state index contributed by atoms with van der Waals surface area (Å²) in [4.78, 5) is 24.1. The highest BCUT2D eigenvalue weighted by atomic mass is 16.2. The zero-order valence-electron chi connectivity index (χ0n) is 11.2. The second-order valence-electron chi connectivity index (χ2n) is 4.64. The molecule has 3 rings (SSSR count). The Labute approximate surface area is 114 Å². The van der Waals surface area contributed by atoms with E-state index in [2.05, 4.69) is 15.5 Å². The predicted octanol–water partition coefficient (Wildman–Crippen LogP) is 1.18. The van der Waals surface area contributed by atoms with Gasteiger partial charge in [-0.3, -0.25) is 9.59 Å². The lowest BCUT2D eigenvalue weighted by Gasteiger charge is -2.14. The molecule has 0 radical (unpaired) electrons. The van der Waals surface area contributed by atoms with E-state index < -0.39 is 6.04 Å². The number of H-pyrrole nitrogens is 1. The lowest BCUT2D eigenvalue weighted by Crippen LogP contribution is -2.29. The van der Waals surface area contributed by atoms with Crippen molar-refractivity contribution < 1.29 is 4.79 Å². The summed E-state index contributed by atoms with van der Waals surface area (Å²) in [6.45, 7) is 1.77. The Morgan fingerprint density at radius 3 is 2.85 bits per heavy atom. The summed E-state index contributed by atoms with van der Waals surface area (Å²) in [5, 5.41) is 10.6. The van der Waals surface area contributed by atoms with Crippen molar-refractivity contribution in [2.75, 3.05) is 7.05 Å². The Morgan fingerprint density at radius 1 is 1.35 bits per heavy atom. The molecular formula is C14H14N4O2. The molecule has 0 saturated heterocycles. The fourth-order valence-electron chi connectivity index (χ4n) is 2.59. The van der Waals surface area contributed by atoms with Crippen LogP contribution in [0, 0.1) is 0 Å². The van der Waals surface area contributed by atoms with Crippen molar-refractivity contribution in [1.82, 2.24) is 20.1 Å². The number of benzene rings is 1. The van der Waals surface area contributed by atoms with Crippen LogP contribution in [0.3, 0.4) is 0 Å². The third-order valence-electron chi connectivity index (χ3n) is 3.54. The number of carbonyl (C=O) groups excluding carboxylic acids is 1. The number of rotatable bonds is 2. The van der Waals surface area contributed by atoms with Crippen LogP contribution in [0.1, 0.15) is 13.0 Å². The quantitative estimate of drug-likeness (QED) is 0.734. The molecule has 0 aliphatic carbocycles. The molecule has 1 atom stereocenters. The second-order valence-corrected chi connectivity index (χ2v) is 4.64. The maximum Gasteiger partial charge on any atom is 0.288 e. The lowest BCUT2D eigenvalue weighted by molar-refractivity contribution is -0.123. The first-order chi connectivity index (χ1) is 9.65. The van der Waals surface area contributed by atoms with E-state index in [0.29, 0.717) is 5.52 Å². The van der Waals surface area contributed by atoms with Crippen LogP contribution in [0.2, 0.25) is 0 Å². The third kappa shape index (κ3) is 1.61. The van der Waals surface area contributed by atoms with Crippen LogP contribution in [0.25, 0.3) is 21.8 Å². The molecule has 0 spiro atoms. The average molecular weight is 270 g/mol. The predicted molar refractivity (Wildman–Crippen MR) is 76.6 cm³/mol. The van der Waals surface area contributed by atoms with Crippen LogP contribution in [0.15, 0.2) is 35.3 Å². The van der Waals surface area contributed by atoms with Gasteiger partial charge >= 0.3 is 0 Å². The SMILES string of the molecule is CNC(=O)C(C)n1c2ccccc2c2cn[nH]c(=O)c21. The lowest BCUT2D eigenvalue weighted by atomic mass is 10.2. The maximum atomic E-state index is 12.1. The van der Waals surface area contributed by atoms with Gasteiger partial charge in [-0.25, -0.2) is 5.10 Å². The van der Waals surface area contributed by atoms with Gasteiger partial charge < -0.3 is 9.88 Å². The number of nitrogens with one attached hydrogen (secondary N) is 2. The number of aromatic amines is 1. The molecular weight excluding hydrogens is 256 g/mol. The number of para-hydroxylation sites is 1. The van der Waals surface area contributed by atoms with Gasteiger partial charge in [0, 0.05) is 17.8 Å². The number of aromatic nitrogens is 3. The molecule has 102 valence electrons. The van der Waals surface area contributed by atoms with Crippen LogP contribution in [-0.4, -0.2) is 27.7 Å². The number of carbonyl (C=O) groups is 1. The average Bonchev–Trinajstić information content (AvgIpc) is 2.82. The minimum Gasteiger partial charge on any atom is -0.357 e. The van der Waals surface area contributed by atoms with E-state index in [4.69, 9.17) is 0 Å². The Hall–Kier alpha value is -2.63. The van der Waals surface area contributed by atoms with Gasteiger partial charge in [0.25, 0.3) is 5.56 Å². The molecule has 2 aromatic heterocycles. The summed E-state index contributed by atoms with van der Waals surface area (Å²) < 4.78 is 1.75. The smallest absolute Gasteiger partial charge is 0.288 e. The molecule has 0 fully saturated rings. The molecule has 1 amide bonds. The number of hydrogen-bond donors (Lipinski definition) is 2. The molecule has 1 unspecified atom stereocenters. The largest absolute Gasteiger partial charge is 0.357 e. The van der Waals surface area contributed by atoms with Gasteiger partial charge in [-0.15, -0.1) is 0 Å². The van der Waals surface area contributed by atoms with Crippen molar-refractivity contribution in [2.45, 2.75) is 13.0 Å². The van der Waals surface area contributed by atoms with Crippen molar-refractivity contribution in [3.63, 3.8) is 0 Å². The highest BCUT2D eigenvalue weighted by molar-refractivity contribution is 6.08. The number of fused-ring (bicyclic) bond motifs is 3. The highest BCUT2D eigenvalue weighted by Gasteiger charge is 2.21. The van der Waals surface area contributed by atoms with E-state index >= 15 is 0 Å². The van der Waals surface area contributed by atoms with E-state index in [9.17, 15) is 9.59 Å². The summed E-state index contributed by atoms with van der Waals surface area (Å²) >= 11 is 0.